The van der Waals surface area contributed by atoms with Gasteiger partial charge in [-0.25, -0.2) is 17.9 Å². The van der Waals surface area contributed by atoms with Gasteiger partial charge in [-0.05, 0) is 19.1 Å². The van der Waals surface area contributed by atoms with E-state index in [1.807, 2.05) is 0 Å². The van der Waals surface area contributed by atoms with Crippen molar-refractivity contribution < 1.29 is 17.5 Å². The van der Waals surface area contributed by atoms with Crippen LogP contribution in [0, 0.1) is 17.1 Å². The molecule has 1 aromatic carbocycles. The second-order valence-corrected chi connectivity index (χ2v) is 5.72. The van der Waals surface area contributed by atoms with Gasteiger partial charge >= 0.3 is 0 Å². The van der Waals surface area contributed by atoms with Gasteiger partial charge in [0.25, 0.3) is 0 Å². The Morgan fingerprint density at radius 3 is 2.56 bits per heavy atom. The van der Waals surface area contributed by atoms with E-state index >= 15 is 0 Å². The van der Waals surface area contributed by atoms with E-state index in [1.165, 1.54) is 20.1 Å². The Morgan fingerprint density at radius 2 is 2.11 bits per heavy atom. The first kappa shape index (κ1) is 14.6. The summed E-state index contributed by atoms with van der Waals surface area (Å²) in [5, 5.41) is 12.9. The fourth-order valence-corrected chi connectivity index (χ4v) is 2.22. The van der Waals surface area contributed by atoms with Gasteiger partial charge in [0.15, 0.2) is 0 Å². The summed E-state index contributed by atoms with van der Waals surface area (Å²) in [7, 11) is -2.52. The number of rotatable bonds is 4. The highest BCUT2D eigenvalue weighted by Crippen LogP contribution is 2.27. The van der Waals surface area contributed by atoms with Gasteiger partial charge in [0.1, 0.15) is 17.2 Å². The van der Waals surface area contributed by atoms with Crippen LogP contribution in [-0.2, 0) is 14.8 Å². The Morgan fingerprint density at radius 1 is 1.50 bits per heavy atom. The molecule has 18 heavy (non-hydrogen) atoms. The Balaban J connectivity index is 3.31. The molecule has 0 amide bonds. The van der Waals surface area contributed by atoms with E-state index in [0.29, 0.717) is 5.56 Å². The molecular formula is C11H13FN2O3S. The van der Waals surface area contributed by atoms with E-state index < -0.39 is 27.2 Å². The van der Waals surface area contributed by atoms with Gasteiger partial charge in [-0.15, -0.1) is 0 Å². The molecule has 0 aliphatic rings. The average molecular weight is 272 g/mol. The van der Waals surface area contributed by atoms with Crippen LogP contribution in [0.3, 0.4) is 0 Å². The van der Waals surface area contributed by atoms with E-state index in [1.54, 1.807) is 6.07 Å². The third kappa shape index (κ3) is 3.04. The number of sulfonamides is 1. The average Bonchev–Trinajstić information content (AvgIpc) is 2.30. The van der Waals surface area contributed by atoms with Crippen molar-refractivity contribution in [2.24, 2.45) is 5.14 Å². The number of nitriles is 1. The Kier molecular flexibility index (Phi) is 4.40. The Bertz CT molecular complexity index is 580. The Hall–Kier alpha value is -1.49. The molecule has 1 aromatic rings. The number of halogens is 1. The zero-order valence-electron chi connectivity index (χ0n) is 9.92. The van der Waals surface area contributed by atoms with Gasteiger partial charge in [0.2, 0.25) is 10.0 Å². The van der Waals surface area contributed by atoms with E-state index in [2.05, 4.69) is 0 Å². The molecule has 0 aliphatic heterocycles. The monoisotopic (exact) mass is 272 g/mol. The molecule has 0 heterocycles. The molecule has 2 N–H and O–H groups in total. The minimum Gasteiger partial charge on any atom is -0.375 e. The molecule has 0 bridgehead atoms. The van der Waals surface area contributed by atoms with Crippen molar-refractivity contribution in [2.75, 3.05) is 7.11 Å². The van der Waals surface area contributed by atoms with Gasteiger partial charge in [0.05, 0.1) is 11.6 Å². The van der Waals surface area contributed by atoms with Crippen LogP contribution in [0.2, 0.25) is 0 Å². The van der Waals surface area contributed by atoms with E-state index in [-0.39, 0.29) is 5.56 Å². The maximum atomic E-state index is 13.0. The second-order valence-electron chi connectivity index (χ2n) is 3.79. The fraction of sp³-hybridized carbons (Fsp3) is 0.364. The number of benzene rings is 1. The third-order valence-corrected chi connectivity index (χ3v) is 3.92. The van der Waals surface area contributed by atoms with Crippen LogP contribution in [0.25, 0.3) is 0 Å². The molecule has 0 fully saturated rings. The molecule has 2 atom stereocenters. The zero-order valence-corrected chi connectivity index (χ0v) is 10.7. The van der Waals surface area contributed by atoms with Crippen molar-refractivity contribution >= 4 is 10.0 Å². The van der Waals surface area contributed by atoms with E-state index in [0.717, 1.165) is 12.1 Å². The first-order valence-corrected chi connectivity index (χ1v) is 6.66. The van der Waals surface area contributed by atoms with Crippen LogP contribution in [-0.4, -0.2) is 20.8 Å². The first-order chi connectivity index (χ1) is 8.31. The standard InChI is InChI=1S/C11H13FN2O3S/c1-7(18(14,15)16)11(17-2)10-4-3-9(12)5-8(10)6-13/h3-5,7,11H,1-2H3,(H2,14,15,16). The highest BCUT2D eigenvalue weighted by Gasteiger charge is 2.29. The van der Waals surface area contributed by atoms with Crippen LogP contribution in [0.1, 0.15) is 24.2 Å². The second kappa shape index (κ2) is 5.44. The molecule has 0 saturated carbocycles. The lowest BCUT2D eigenvalue weighted by Gasteiger charge is -2.22. The summed E-state index contributed by atoms with van der Waals surface area (Å²) in [6.07, 6.45) is -0.921. The maximum absolute atomic E-state index is 13.0. The minimum absolute atomic E-state index is 0.0253. The van der Waals surface area contributed by atoms with Crippen molar-refractivity contribution in [3.63, 3.8) is 0 Å². The predicted molar refractivity (Wildman–Crippen MR) is 63.4 cm³/mol. The van der Waals surface area contributed by atoms with Crippen LogP contribution < -0.4 is 5.14 Å². The molecule has 0 spiro atoms. The predicted octanol–water partition coefficient (Wildman–Crippen LogP) is 1.06. The van der Waals surface area contributed by atoms with Crippen LogP contribution in [0.4, 0.5) is 4.39 Å². The van der Waals surface area contributed by atoms with E-state index in [9.17, 15) is 12.8 Å². The summed E-state index contributed by atoms with van der Waals surface area (Å²) in [4.78, 5) is 0. The Labute approximate surface area is 105 Å². The normalized spacial score (nSPS) is 14.8. The summed E-state index contributed by atoms with van der Waals surface area (Å²) < 4.78 is 40.7. The van der Waals surface area contributed by atoms with Gasteiger partial charge in [-0.2, -0.15) is 5.26 Å². The van der Waals surface area contributed by atoms with Gasteiger partial charge in [0, 0.05) is 12.7 Å². The quantitative estimate of drug-likeness (QED) is 0.886. The van der Waals surface area contributed by atoms with Crippen molar-refractivity contribution in [3.05, 3.63) is 35.1 Å². The highest BCUT2D eigenvalue weighted by atomic mass is 32.2. The molecule has 98 valence electrons. The molecule has 7 heteroatoms. The van der Waals surface area contributed by atoms with Crippen molar-refractivity contribution in [2.45, 2.75) is 18.3 Å². The van der Waals surface area contributed by atoms with Crippen molar-refractivity contribution in [1.29, 1.82) is 5.26 Å². The first-order valence-electron chi connectivity index (χ1n) is 5.05. The maximum Gasteiger partial charge on any atom is 0.214 e. The molecule has 0 aromatic heterocycles. The lowest BCUT2D eigenvalue weighted by atomic mass is 10.0. The number of primary sulfonamides is 1. The topological polar surface area (TPSA) is 93.2 Å². The smallest absolute Gasteiger partial charge is 0.214 e. The molecule has 5 nitrogen and oxygen atoms in total. The third-order valence-electron chi connectivity index (χ3n) is 2.64. The van der Waals surface area contributed by atoms with Crippen LogP contribution in [0.15, 0.2) is 18.2 Å². The lowest BCUT2D eigenvalue weighted by molar-refractivity contribution is 0.102. The number of hydrogen-bond donors (Lipinski definition) is 1. The molecule has 0 aliphatic carbocycles. The van der Waals surface area contributed by atoms with Gasteiger partial charge in [-0.3, -0.25) is 0 Å². The summed E-state index contributed by atoms with van der Waals surface area (Å²) in [5.74, 6) is -0.576. The number of hydrogen-bond acceptors (Lipinski definition) is 4. The summed E-state index contributed by atoms with van der Waals surface area (Å²) >= 11 is 0. The zero-order chi connectivity index (χ0) is 13.9. The van der Waals surface area contributed by atoms with Crippen molar-refractivity contribution in [1.82, 2.24) is 0 Å². The number of nitrogens with zero attached hydrogens (tertiary/aromatic N) is 1. The molecule has 2 unspecified atom stereocenters. The molecule has 1 rings (SSSR count). The van der Waals surface area contributed by atoms with Crippen LogP contribution in [0.5, 0.6) is 0 Å². The summed E-state index contributed by atoms with van der Waals surface area (Å²) in [6, 6.07) is 5.29. The largest absolute Gasteiger partial charge is 0.375 e. The minimum atomic E-state index is -3.83. The SMILES string of the molecule is COC(c1ccc(F)cc1C#N)C(C)S(N)(=O)=O. The molecule has 0 radical (unpaired) electrons. The molecular weight excluding hydrogens is 259 g/mol. The number of methoxy groups -OCH3 is 1. The van der Waals surface area contributed by atoms with Gasteiger partial charge < -0.3 is 4.74 Å². The van der Waals surface area contributed by atoms with E-state index in [4.69, 9.17) is 15.1 Å². The lowest BCUT2D eigenvalue weighted by Crippen LogP contribution is -2.32. The molecule has 0 saturated heterocycles. The van der Waals surface area contributed by atoms with Crippen LogP contribution >= 0.6 is 0 Å². The summed E-state index contributed by atoms with van der Waals surface area (Å²) in [6.45, 7) is 1.37. The van der Waals surface area contributed by atoms with Gasteiger partial charge in [-0.1, -0.05) is 6.07 Å². The summed E-state index contributed by atoms with van der Waals surface area (Å²) in [5.41, 5.74) is 0.320. The highest BCUT2D eigenvalue weighted by molar-refractivity contribution is 7.89. The number of nitrogens with two attached hydrogens (primary N) is 1. The van der Waals surface area contributed by atoms with Crippen molar-refractivity contribution in [3.8, 4) is 6.07 Å². The number of ether oxygens (including phenoxy) is 1. The fourth-order valence-electron chi connectivity index (χ4n) is 1.62.